The zero-order chi connectivity index (χ0) is 18.1. The van der Waals surface area contributed by atoms with E-state index in [1.54, 1.807) is 37.0 Å². The molecule has 0 atom stereocenters. The number of aromatic nitrogens is 6. The number of nitrogens with two attached hydrogens (primary N) is 1. The van der Waals surface area contributed by atoms with Crippen LogP contribution >= 0.6 is 0 Å². The number of ether oxygens (including phenoxy) is 1. The SMILES string of the molecule is COc1ncccc1Nc1nc2cccnn2c1-c1cc(N)nc(C)n1. The second-order valence-corrected chi connectivity index (χ2v) is 5.51. The molecule has 0 spiro atoms. The summed E-state index contributed by atoms with van der Waals surface area (Å²) in [6, 6.07) is 9.04. The summed E-state index contributed by atoms with van der Waals surface area (Å²) in [5, 5.41) is 7.65. The largest absolute Gasteiger partial charge is 0.480 e. The number of anilines is 3. The minimum Gasteiger partial charge on any atom is -0.480 e. The highest BCUT2D eigenvalue weighted by Gasteiger charge is 2.19. The zero-order valence-corrected chi connectivity index (χ0v) is 14.2. The number of fused-ring (bicyclic) bond motifs is 1. The average Bonchev–Trinajstić information content (AvgIpc) is 2.99. The van der Waals surface area contributed by atoms with Crippen LogP contribution in [-0.4, -0.2) is 36.7 Å². The minimum atomic E-state index is 0.378. The molecule has 0 aliphatic rings. The number of nitrogen functional groups attached to an aromatic ring is 1. The van der Waals surface area contributed by atoms with Crippen molar-refractivity contribution in [2.45, 2.75) is 6.92 Å². The number of methoxy groups -OCH3 is 1. The Morgan fingerprint density at radius 2 is 1.96 bits per heavy atom. The molecule has 0 saturated carbocycles. The van der Waals surface area contributed by atoms with Gasteiger partial charge in [0, 0.05) is 18.5 Å². The first kappa shape index (κ1) is 15.8. The van der Waals surface area contributed by atoms with E-state index in [2.05, 4.69) is 30.4 Å². The van der Waals surface area contributed by atoms with Gasteiger partial charge in [-0.15, -0.1) is 0 Å². The molecular weight excluding hydrogens is 332 g/mol. The van der Waals surface area contributed by atoms with Crippen LogP contribution in [0.5, 0.6) is 5.88 Å². The summed E-state index contributed by atoms with van der Waals surface area (Å²) in [7, 11) is 1.56. The van der Waals surface area contributed by atoms with Gasteiger partial charge in [-0.1, -0.05) is 0 Å². The first-order chi connectivity index (χ1) is 12.7. The highest BCUT2D eigenvalue weighted by Crippen LogP contribution is 2.32. The van der Waals surface area contributed by atoms with Crippen LogP contribution in [0.4, 0.5) is 17.3 Å². The molecule has 9 heteroatoms. The number of hydrogen-bond donors (Lipinski definition) is 2. The number of rotatable bonds is 4. The molecule has 9 nitrogen and oxygen atoms in total. The van der Waals surface area contributed by atoms with E-state index in [4.69, 9.17) is 10.5 Å². The molecule has 0 fully saturated rings. The number of nitrogens with zero attached hydrogens (tertiary/aromatic N) is 6. The summed E-state index contributed by atoms with van der Waals surface area (Å²) in [5.74, 6) is 1.97. The Morgan fingerprint density at radius 1 is 1.12 bits per heavy atom. The zero-order valence-electron chi connectivity index (χ0n) is 14.2. The monoisotopic (exact) mass is 348 g/mol. The maximum atomic E-state index is 5.91. The van der Waals surface area contributed by atoms with Gasteiger partial charge in [-0.25, -0.2) is 24.5 Å². The van der Waals surface area contributed by atoms with Crippen LogP contribution < -0.4 is 15.8 Å². The van der Waals surface area contributed by atoms with Crippen molar-refractivity contribution in [2.75, 3.05) is 18.2 Å². The van der Waals surface area contributed by atoms with Crippen molar-refractivity contribution in [1.29, 1.82) is 0 Å². The molecule has 130 valence electrons. The summed E-state index contributed by atoms with van der Waals surface area (Å²) in [6.45, 7) is 1.79. The minimum absolute atomic E-state index is 0.378. The van der Waals surface area contributed by atoms with Gasteiger partial charge in [0.1, 0.15) is 23.0 Å². The molecule has 0 aromatic carbocycles. The summed E-state index contributed by atoms with van der Waals surface area (Å²) in [4.78, 5) is 17.4. The number of pyridine rings is 1. The van der Waals surface area contributed by atoms with Gasteiger partial charge in [0.2, 0.25) is 5.88 Å². The van der Waals surface area contributed by atoms with Gasteiger partial charge >= 0.3 is 0 Å². The molecule has 0 bridgehead atoms. The predicted octanol–water partition coefficient (Wildman–Crippen LogP) is 2.22. The lowest BCUT2D eigenvalue weighted by Gasteiger charge is -2.10. The fourth-order valence-electron chi connectivity index (χ4n) is 2.69. The van der Waals surface area contributed by atoms with Crippen molar-refractivity contribution in [3.8, 4) is 17.3 Å². The molecular formula is C17H16N8O. The second kappa shape index (κ2) is 6.28. The second-order valence-electron chi connectivity index (χ2n) is 5.51. The lowest BCUT2D eigenvalue weighted by Crippen LogP contribution is -2.02. The van der Waals surface area contributed by atoms with E-state index in [-0.39, 0.29) is 0 Å². The first-order valence-electron chi connectivity index (χ1n) is 7.87. The van der Waals surface area contributed by atoms with Crippen LogP contribution in [0.25, 0.3) is 17.0 Å². The van der Waals surface area contributed by atoms with Gasteiger partial charge in [0.15, 0.2) is 11.5 Å². The van der Waals surface area contributed by atoms with Crippen LogP contribution in [0.2, 0.25) is 0 Å². The maximum Gasteiger partial charge on any atom is 0.237 e. The van der Waals surface area contributed by atoms with Crippen LogP contribution in [-0.2, 0) is 0 Å². The van der Waals surface area contributed by atoms with E-state index < -0.39 is 0 Å². The van der Waals surface area contributed by atoms with E-state index in [1.165, 1.54) is 0 Å². The maximum absolute atomic E-state index is 5.91. The van der Waals surface area contributed by atoms with Crippen molar-refractivity contribution in [1.82, 2.24) is 29.5 Å². The topological polar surface area (TPSA) is 116 Å². The Hall–Kier alpha value is -3.75. The van der Waals surface area contributed by atoms with Gasteiger partial charge in [0.05, 0.1) is 12.8 Å². The smallest absolute Gasteiger partial charge is 0.237 e. The third kappa shape index (κ3) is 2.75. The summed E-state index contributed by atoms with van der Waals surface area (Å²) in [6.07, 6.45) is 3.34. The lowest BCUT2D eigenvalue weighted by molar-refractivity contribution is 0.400. The molecule has 0 aliphatic carbocycles. The number of nitrogens with one attached hydrogen (secondary N) is 1. The van der Waals surface area contributed by atoms with Crippen molar-refractivity contribution >= 4 is 23.0 Å². The van der Waals surface area contributed by atoms with Gasteiger partial charge in [-0.3, -0.25) is 0 Å². The Balaban J connectivity index is 1.92. The lowest BCUT2D eigenvalue weighted by atomic mass is 10.2. The normalized spacial score (nSPS) is 10.8. The third-order valence-electron chi connectivity index (χ3n) is 3.71. The van der Waals surface area contributed by atoms with E-state index in [9.17, 15) is 0 Å². The molecule has 0 radical (unpaired) electrons. The Bertz CT molecular complexity index is 1070. The number of hydrogen-bond acceptors (Lipinski definition) is 8. The van der Waals surface area contributed by atoms with E-state index in [0.29, 0.717) is 46.1 Å². The summed E-state index contributed by atoms with van der Waals surface area (Å²) >= 11 is 0. The number of imidazole rings is 1. The Labute approximate surface area is 148 Å². The van der Waals surface area contributed by atoms with Gasteiger partial charge in [0.25, 0.3) is 0 Å². The fraction of sp³-hybridized carbons (Fsp3) is 0.118. The van der Waals surface area contributed by atoms with Crippen LogP contribution in [0.3, 0.4) is 0 Å². The number of aryl methyl sites for hydroxylation is 1. The highest BCUT2D eigenvalue weighted by molar-refractivity contribution is 5.79. The fourth-order valence-corrected chi connectivity index (χ4v) is 2.69. The van der Waals surface area contributed by atoms with E-state index in [0.717, 1.165) is 0 Å². The summed E-state index contributed by atoms with van der Waals surface area (Å²) in [5.41, 5.74) is 8.54. The van der Waals surface area contributed by atoms with Crippen molar-refractivity contribution in [2.24, 2.45) is 0 Å². The molecule has 3 N–H and O–H groups in total. The van der Waals surface area contributed by atoms with E-state index >= 15 is 0 Å². The third-order valence-corrected chi connectivity index (χ3v) is 3.71. The van der Waals surface area contributed by atoms with Crippen LogP contribution in [0.1, 0.15) is 5.82 Å². The Morgan fingerprint density at radius 3 is 2.77 bits per heavy atom. The molecule has 4 aromatic heterocycles. The molecule has 4 aromatic rings. The quantitative estimate of drug-likeness (QED) is 0.577. The molecule has 0 unspecified atom stereocenters. The molecule has 0 amide bonds. The molecule has 26 heavy (non-hydrogen) atoms. The summed E-state index contributed by atoms with van der Waals surface area (Å²) < 4.78 is 7.01. The molecule has 4 heterocycles. The van der Waals surface area contributed by atoms with Crippen molar-refractivity contribution < 1.29 is 4.74 Å². The highest BCUT2D eigenvalue weighted by atomic mass is 16.5. The molecule has 4 rings (SSSR count). The van der Waals surface area contributed by atoms with Crippen LogP contribution in [0, 0.1) is 6.92 Å². The van der Waals surface area contributed by atoms with Crippen molar-refractivity contribution in [3.63, 3.8) is 0 Å². The Kier molecular flexibility index (Phi) is 3.81. The standard InChI is InChI=1S/C17H16N8O/c1-10-21-12(9-13(18)22-10)15-16(24-14-6-4-8-20-25(14)15)23-11-5-3-7-19-17(11)26-2/h3-9,23H,1-2H3,(H2,18,21,22). The molecule has 0 saturated heterocycles. The first-order valence-corrected chi connectivity index (χ1v) is 7.87. The van der Waals surface area contributed by atoms with Gasteiger partial charge < -0.3 is 15.8 Å². The van der Waals surface area contributed by atoms with Gasteiger partial charge in [-0.05, 0) is 31.2 Å². The predicted molar refractivity (Wildman–Crippen MR) is 97.2 cm³/mol. The van der Waals surface area contributed by atoms with Gasteiger partial charge in [-0.2, -0.15) is 5.10 Å². The van der Waals surface area contributed by atoms with E-state index in [1.807, 2.05) is 24.3 Å². The van der Waals surface area contributed by atoms with Crippen molar-refractivity contribution in [3.05, 3.63) is 48.5 Å². The van der Waals surface area contributed by atoms with Crippen LogP contribution in [0.15, 0.2) is 42.7 Å². The molecule has 0 aliphatic heterocycles. The average molecular weight is 348 g/mol.